The van der Waals surface area contributed by atoms with E-state index >= 15 is 0 Å². The average molecular weight is 515 g/mol. The number of nitrogens with zero attached hydrogens (tertiary/aromatic N) is 3. The van der Waals surface area contributed by atoms with Gasteiger partial charge in [-0.2, -0.15) is 0 Å². The molecule has 36 heavy (non-hydrogen) atoms. The molecule has 3 heterocycles. The summed E-state index contributed by atoms with van der Waals surface area (Å²) in [4.78, 5) is 21.9. The van der Waals surface area contributed by atoms with Crippen LogP contribution in [0.25, 0.3) is 28.2 Å². The molecule has 11 heteroatoms. The quantitative estimate of drug-likeness (QED) is 0.292. The number of aryl methyl sites for hydroxylation is 1. The van der Waals surface area contributed by atoms with Crippen molar-refractivity contribution in [3.8, 4) is 17.2 Å². The highest BCUT2D eigenvalue weighted by Crippen LogP contribution is 2.28. The molecule has 0 aliphatic carbocycles. The number of rotatable bonds is 6. The molecule has 0 saturated carbocycles. The summed E-state index contributed by atoms with van der Waals surface area (Å²) >= 11 is 6.05. The fourth-order valence-electron chi connectivity index (χ4n) is 3.83. The third-order valence-corrected chi connectivity index (χ3v) is 5.69. The van der Waals surface area contributed by atoms with E-state index in [1.165, 1.54) is 24.3 Å². The Morgan fingerprint density at radius 3 is 2.61 bits per heavy atom. The van der Waals surface area contributed by atoms with Crippen LogP contribution in [0, 0.1) is 0 Å². The summed E-state index contributed by atoms with van der Waals surface area (Å²) in [5, 5.41) is 3.45. The van der Waals surface area contributed by atoms with Crippen LogP contribution >= 0.6 is 11.6 Å². The maximum absolute atomic E-state index is 13.0. The molecule has 0 bridgehead atoms. The summed E-state index contributed by atoms with van der Waals surface area (Å²) in [6, 6.07) is 13.9. The van der Waals surface area contributed by atoms with Crippen molar-refractivity contribution in [3.63, 3.8) is 0 Å². The lowest BCUT2D eigenvalue weighted by Gasteiger charge is -2.08. The van der Waals surface area contributed by atoms with Gasteiger partial charge in [-0.25, -0.2) is 9.97 Å². The van der Waals surface area contributed by atoms with Crippen molar-refractivity contribution in [2.24, 2.45) is 0 Å². The molecule has 5 rings (SSSR count). The van der Waals surface area contributed by atoms with Crippen LogP contribution < -0.4 is 10.1 Å². The lowest BCUT2D eigenvalue weighted by molar-refractivity contribution is -0.274. The fraction of sp³-hybridized carbons (Fsp3) is 0.160. The van der Waals surface area contributed by atoms with Gasteiger partial charge < -0.3 is 14.5 Å². The molecular weight excluding hydrogens is 497 g/mol. The van der Waals surface area contributed by atoms with E-state index in [4.69, 9.17) is 16.0 Å². The number of ether oxygens (including phenoxy) is 1. The van der Waals surface area contributed by atoms with Crippen molar-refractivity contribution in [2.75, 3.05) is 0 Å². The summed E-state index contributed by atoms with van der Waals surface area (Å²) < 4.78 is 48.4. The van der Waals surface area contributed by atoms with Gasteiger partial charge in [-0.05, 0) is 54.4 Å². The number of carbonyl (C=O) groups excluding carboxylic acids is 1. The number of nitrogens with one attached hydrogen (secondary N) is 1. The van der Waals surface area contributed by atoms with Gasteiger partial charge in [0.15, 0.2) is 5.58 Å². The molecule has 5 aromatic rings. The Labute approximate surface area is 207 Å². The van der Waals surface area contributed by atoms with Crippen molar-refractivity contribution < 1.29 is 27.1 Å². The number of amides is 1. The lowest BCUT2D eigenvalue weighted by Crippen LogP contribution is -2.25. The van der Waals surface area contributed by atoms with Crippen molar-refractivity contribution in [1.29, 1.82) is 0 Å². The highest BCUT2D eigenvalue weighted by atomic mass is 35.5. The molecule has 184 valence electrons. The minimum Gasteiger partial charge on any atom is -0.436 e. The van der Waals surface area contributed by atoms with E-state index < -0.39 is 6.36 Å². The summed E-state index contributed by atoms with van der Waals surface area (Å²) in [5.74, 6) is -0.355. The summed E-state index contributed by atoms with van der Waals surface area (Å²) in [7, 11) is 0. The standard InChI is InChI=1S/C25H18ClF3N4O3/c1-2-18-22(33-10-9-16(26)12-21(33)31-18)23(34)30-13-14-3-8-20-19(11-14)32-24(35-20)15-4-6-17(7-5-15)36-25(27,28)29/h3-12H,2,13H2,1H3,(H,30,34). The van der Waals surface area contributed by atoms with Crippen LogP contribution in [0.15, 0.2) is 65.2 Å². The molecule has 0 fully saturated rings. The van der Waals surface area contributed by atoms with Crippen LogP contribution in [0.1, 0.15) is 28.7 Å². The Bertz CT molecular complexity index is 1580. The summed E-state index contributed by atoms with van der Waals surface area (Å²) in [6.07, 6.45) is -2.47. The number of hydrogen-bond acceptors (Lipinski definition) is 5. The van der Waals surface area contributed by atoms with Gasteiger partial charge in [-0.15, -0.1) is 13.2 Å². The first kappa shape index (κ1) is 23.7. The SMILES string of the molecule is CCc1nc2cc(Cl)ccn2c1C(=O)NCc1ccc2oc(-c3ccc(OC(F)(F)F)cc3)nc2c1. The van der Waals surface area contributed by atoms with Crippen LogP contribution in [0.2, 0.25) is 5.02 Å². The Kier molecular flexibility index (Phi) is 6.05. The van der Waals surface area contributed by atoms with Crippen LogP contribution in [-0.4, -0.2) is 26.6 Å². The Balaban J connectivity index is 1.33. The smallest absolute Gasteiger partial charge is 0.436 e. The number of halogens is 4. The number of imidazole rings is 1. The van der Waals surface area contributed by atoms with Gasteiger partial charge in [0, 0.05) is 29.4 Å². The monoisotopic (exact) mass is 514 g/mol. The lowest BCUT2D eigenvalue weighted by atomic mass is 10.2. The number of hydrogen-bond donors (Lipinski definition) is 1. The fourth-order valence-corrected chi connectivity index (χ4v) is 3.98. The highest BCUT2D eigenvalue weighted by Gasteiger charge is 2.31. The average Bonchev–Trinajstić information content (AvgIpc) is 3.42. The molecule has 0 atom stereocenters. The number of oxazole rings is 1. The zero-order chi connectivity index (χ0) is 25.4. The zero-order valence-electron chi connectivity index (χ0n) is 18.8. The molecular formula is C25H18ClF3N4O3. The molecule has 1 N–H and O–H groups in total. The highest BCUT2D eigenvalue weighted by molar-refractivity contribution is 6.30. The molecule has 0 spiro atoms. The van der Waals surface area contributed by atoms with Gasteiger partial charge in [0.05, 0.1) is 5.69 Å². The largest absolute Gasteiger partial charge is 0.573 e. The molecule has 2 aromatic carbocycles. The first-order chi connectivity index (χ1) is 17.2. The van der Waals surface area contributed by atoms with E-state index in [1.54, 1.807) is 40.9 Å². The molecule has 3 aromatic heterocycles. The van der Waals surface area contributed by atoms with Gasteiger partial charge in [0.2, 0.25) is 5.89 Å². The summed E-state index contributed by atoms with van der Waals surface area (Å²) in [5.41, 5.74) is 4.05. The van der Waals surface area contributed by atoms with E-state index in [1.807, 2.05) is 6.92 Å². The second-order valence-electron chi connectivity index (χ2n) is 7.91. The van der Waals surface area contributed by atoms with Crippen LogP contribution in [0.4, 0.5) is 13.2 Å². The maximum Gasteiger partial charge on any atom is 0.573 e. The second-order valence-corrected chi connectivity index (χ2v) is 8.35. The summed E-state index contributed by atoms with van der Waals surface area (Å²) in [6.45, 7) is 2.16. The number of alkyl halides is 3. The van der Waals surface area contributed by atoms with Gasteiger partial charge in [-0.1, -0.05) is 24.6 Å². The number of aromatic nitrogens is 3. The second kappa shape index (κ2) is 9.19. The number of carbonyl (C=O) groups is 1. The Morgan fingerprint density at radius 1 is 1.11 bits per heavy atom. The van der Waals surface area contributed by atoms with Gasteiger partial charge in [-0.3, -0.25) is 9.20 Å². The molecule has 7 nitrogen and oxygen atoms in total. The number of benzene rings is 2. The van der Waals surface area contributed by atoms with Crippen molar-refractivity contribution in [3.05, 3.63) is 82.8 Å². The van der Waals surface area contributed by atoms with Crippen molar-refractivity contribution in [2.45, 2.75) is 26.3 Å². The number of pyridine rings is 1. The van der Waals surface area contributed by atoms with Crippen LogP contribution in [0.5, 0.6) is 5.75 Å². The minimum atomic E-state index is -4.76. The van der Waals surface area contributed by atoms with E-state index in [9.17, 15) is 18.0 Å². The topological polar surface area (TPSA) is 81.7 Å². The van der Waals surface area contributed by atoms with E-state index in [-0.39, 0.29) is 24.1 Å². The third-order valence-electron chi connectivity index (χ3n) is 5.45. The van der Waals surface area contributed by atoms with E-state index in [2.05, 4.69) is 20.0 Å². The maximum atomic E-state index is 13.0. The molecule has 0 aliphatic rings. The minimum absolute atomic E-state index is 0.240. The molecule has 0 aliphatic heterocycles. The van der Waals surface area contributed by atoms with E-state index in [0.717, 1.165) is 5.56 Å². The van der Waals surface area contributed by atoms with E-state index in [0.29, 0.717) is 45.1 Å². The molecule has 0 unspecified atom stereocenters. The normalized spacial score (nSPS) is 11.8. The molecule has 0 radical (unpaired) electrons. The van der Waals surface area contributed by atoms with Gasteiger partial charge >= 0.3 is 6.36 Å². The Hall–Kier alpha value is -4.05. The number of fused-ring (bicyclic) bond motifs is 2. The predicted octanol–water partition coefficient (Wildman–Crippen LogP) is 6.19. The van der Waals surface area contributed by atoms with Crippen molar-refractivity contribution in [1.82, 2.24) is 19.7 Å². The molecule has 1 amide bonds. The van der Waals surface area contributed by atoms with Crippen LogP contribution in [0.3, 0.4) is 0 Å². The molecule has 0 saturated heterocycles. The Morgan fingerprint density at radius 2 is 1.89 bits per heavy atom. The van der Waals surface area contributed by atoms with Gasteiger partial charge in [0.1, 0.15) is 22.6 Å². The van der Waals surface area contributed by atoms with Crippen molar-refractivity contribution >= 4 is 34.3 Å². The zero-order valence-corrected chi connectivity index (χ0v) is 19.5. The first-order valence-corrected chi connectivity index (χ1v) is 11.3. The predicted molar refractivity (Wildman–Crippen MR) is 127 cm³/mol. The first-order valence-electron chi connectivity index (χ1n) is 10.9. The van der Waals surface area contributed by atoms with Crippen LogP contribution in [-0.2, 0) is 13.0 Å². The third kappa shape index (κ3) is 4.85. The van der Waals surface area contributed by atoms with Gasteiger partial charge in [0.25, 0.3) is 5.91 Å².